The molecular weight excluding hydrogens is 294 g/mol. The minimum absolute atomic E-state index is 0.518. The molecule has 1 aromatic carbocycles. The zero-order valence-electron chi connectivity index (χ0n) is 11.3. The molecule has 0 fully saturated rings. The summed E-state index contributed by atoms with van der Waals surface area (Å²) >= 11 is 3.54. The third-order valence-electron chi connectivity index (χ3n) is 2.57. The highest BCUT2D eigenvalue weighted by molar-refractivity contribution is 9.10. The number of rotatable bonds is 8. The van der Waals surface area contributed by atoms with Crippen LogP contribution in [0.3, 0.4) is 0 Å². The number of halogens is 1. The lowest BCUT2D eigenvalue weighted by Gasteiger charge is -2.09. The summed E-state index contributed by atoms with van der Waals surface area (Å²) in [5.74, 6) is 0.868. The van der Waals surface area contributed by atoms with Crippen molar-refractivity contribution in [3.63, 3.8) is 0 Å². The Labute approximate surface area is 118 Å². The zero-order valence-corrected chi connectivity index (χ0v) is 12.9. The second-order valence-electron chi connectivity index (χ2n) is 4.43. The highest BCUT2D eigenvalue weighted by Gasteiger charge is 2.02. The summed E-state index contributed by atoms with van der Waals surface area (Å²) in [5, 5.41) is 3.32. The van der Waals surface area contributed by atoms with E-state index in [2.05, 4.69) is 41.2 Å². The summed E-state index contributed by atoms with van der Waals surface area (Å²) in [6.07, 6.45) is 0.909. The maximum Gasteiger partial charge on any atom is 0.120 e. The molecule has 0 aliphatic carbocycles. The van der Waals surface area contributed by atoms with Gasteiger partial charge < -0.3 is 14.8 Å². The first-order chi connectivity index (χ1) is 8.63. The Balaban J connectivity index is 2.23. The summed E-state index contributed by atoms with van der Waals surface area (Å²) in [6.45, 7) is 6.67. The summed E-state index contributed by atoms with van der Waals surface area (Å²) in [4.78, 5) is 0. The summed E-state index contributed by atoms with van der Waals surface area (Å²) in [6, 6.07) is 6.54. The van der Waals surface area contributed by atoms with Gasteiger partial charge in [-0.1, -0.05) is 35.8 Å². The number of nitrogens with one attached hydrogen (secondary N) is 1. The van der Waals surface area contributed by atoms with Gasteiger partial charge >= 0.3 is 0 Å². The predicted octanol–water partition coefficient (Wildman–Crippen LogP) is 3.01. The number of benzene rings is 1. The fourth-order valence-electron chi connectivity index (χ4n) is 1.56. The van der Waals surface area contributed by atoms with Crippen LogP contribution in [-0.2, 0) is 11.2 Å². The van der Waals surface area contributed by atoms with E-state index in [0.29, 0.717) is 6.04 Å². The van der Waals surface area contributed by atoms with E-state index in [1.54, 1.807) is 7.11 Å². The van der Waals surface area contributed by atoms with Gasteiger partial charge in [-0.15, -0.1) is 0 Å². The summed E-state index contributed by atoms with van der Waals surface area (Å²) in [5.41, 5.74) is 1.24. The fraction of sp³-hybridized carbons (Fsp3) is 0.571. The fourth-order valence-corrected chi connectivity index (χ4v) is 2.12. The smallest absolute Gasteiger partial charge is 0.120 e. The van der Waals surface area contributed by atoms with E-state index >= 15 is 0 Å². The first-order valence-electron chi connectivity index (χ1n) is 6.27. The Morgan fingerprint density at radius 1 is 1.28 bits per heavy atom. The van der Waals surface area contributed by atoms with Crippen LogP contribution in [0, 0.1) is 0 Å². The van der Waals surface area contributed by atoms with Gasteiger partial charge in [0.2, 0.25) is 0 Å². The minimum Gasteiger partial charge on any atom is -0.497 e. The maximum absolute atomic E-state index is 5.58. The molecule has 102 valence electrons. The molecule has 1 N–H and O–H groups in total. The number of methoxy groups -OCH3 is 1. The molecule has 1 aromatic rings. The molecule has 0 aliphatic rings. The lowest BCUT2D eigenvalue weighted by atomic mass is 10.1. The van der Waals surface area contributed by atoms with Crippen LogP contribution in [0.15, 0.2) is 22.7 Å². The van der Waals surface area contributed by atoms with Crippen molar-refractivity contribution >= 4 is 15.9 Å². The molecule has 4 heteroatoms. The van der Waals surface area contributed by atoms with E-state index in [1.165, 1.54) is 5.56 Å². The van der Waals surface area contributed by atoms with Crippen LogP contribution in [0.1, 0.15) is 19.4 Å². The van der Waals surface area contributed by atoms with Gasteiger partial charge in [0.15, 0.2) is 0 Å². The molecule has 0 heterocycles. The monoisotopic (exact) mass is 315 g/mol. The Bertz CT molecular complexity index is 356. The van der Waals surface area contributed by atoms with Crippen molar-refractivity contribution in [3.05, 3.63) is 28.2 Å². The van der Waals surface area contributed by atoms with Gasteiger partial charge in [0.05, 0.1) is 20.3 Å². The van der Waals surface area contributed by atoms with E-state index in [0.717, 1.165) is 36.4 Å². The molecule has 0 unspecified atom stereocenters. The number of hydrogen-bond donors (Lipinski definition) is 1. The van der Waals surface area contributed by atoms with Crippen molar-refractivity contribution in [1.29, 1.82) is 0 Å². The van der Waals surface area contributed by atoms with Gasteiger partial charge in [0, 0.05) is 17.1 Å². The van der Waals surface area contributed by atoms with Crippen molar-refractivity contribution in [2.24, 2.45) is 0 Å². The first-order valence-corrected chi connectivity index (χ1v) is 7.06. The second kappa shape index (κ2) is 8.51. The van der Waals surface area contributed by atoms with Crippen LogP contribution in [0.2, 0.25) is 0 Å². The molecule has 3 nitrogen and oxygen atoms in total. The first kappa shape index (κ1) is 15.5. The van der Waals surface area contributed by atoms with E-state index in [1.807, 2.05) is 12.1 Å². The summed E-state index contributed by atoms with van der Waals surface area (Å²) < 4.78 is 11.8. The van der Waals surface area contributed by atoms with Gasteiger partial charge in [-0.05, 0) is 24.1 Å². The Hall–Kier alpha value is -0.580. The standard InChI is InChI=1S/C14H22BrNO2/c1-11(2)16-7-9-18-8-6-12-4-5-13(17-3)10-14(12)15/h4-5,10-11,16H,6-9H2,1-3H3. The molecule has 0 atom stereocenters. The largest absolute Gasteiger partial charge is 0.497 e. The number of hydrogen-bond acceptors (Lipinski definition) is 3. The minimum atomic E-state index is 0.518. The molecule has 0 saturated carbocycles. The molecule has 1 rings (SSSR count). The quantitative estimate of drug-likeness (QED) is 0.748. The average molecular weight is 316 g/mol. The molecule has 0 aromatic heterocycles. The van der Waals surface area contributed by atoms with Crippen LogP contribution in [0.25, 0.3) is 0 Å². The highest BCUT2D eigenvalue weighted by Crippen LogP contribution is 2.23. The van der Waals surface area contributed by atoms with E-state index in [-0.39, 0.29) is 0 Å². The second-order valence-corrected chi connectivity index (χ2v) is 5.28. The Morgan fingerprint density at radius 2 is 2.06 bits per heavy atom. The van der Waals surface area contributed by atoms with Crippen LogP contribution < -0.4 is 10.1 Å². The van der Waals surface area contributed by atoms with Gasteiger partial charge in [0.25, 0.3) is 0 Å². The molecular formula is C14H22BrNO2. The van der Waals surface area contributed by atoms with E-state index < -0.39 is 0 Å². The van der Waals surface area contributed by atoms with Crippen molar-refractivity contribution < 1.29 is 9.47 Å². The van der Waals surface area contributed by atoms with E-state index in [4.69, 9.17) is 9.47 Å². The highest BCUT2D eigenvalue weighted by atomic mass is 79.9. The van der Waals surface area contributed by atoms with E-state index in [9.17, 15) is 0 Å². The van der Waals surface area contributed by atoms with Crippen molar-refractivity contribution in [2.45, 2.75) is 26.3 Å². The lowest BCUT2D eigenvalue weighted by Crippen LogP contribution is -2.26. The van der Waals surface area contributed by atoms with Crippen molar-refractivity contribution in [3.8, 4) is 5.75 Å². The number of ether oxygens (including phenoxy) is 2. The van der Waals surface area contributed by atoms with Gasteiger partial charge in [-0.25, -0.2) is 0 Å². The third-order valence-corrected chi connectivity index (χ3v) is 3.31. The Morgan fingerprint density at radius 3 is 2.67 bits per heavy atom. The van der Waals surface area contributed by atoms with Gasteiger partial charge in [-0.2, -0.15) is 0 Å². The Kier molecular flexibility index (Phi) is 7.32. The van der Waals surface area contributed by atoms with Crippen LogP contribution in [0.4, 0.5) is 0 Å². The molecule has 0 aliphatic heterocycles. The molecule has 18 heavy (non-hydrogen) atoms. The molecule has 0 saturated heterocycles. The topological polar surface area (TPSA) is 30.5 Å². The van der Waals surface area contributed by atoms with Gasteiger partial charge in [0.1, 0.15) is 5.75 Å². The molecule has 0 bridgehead atoms. The normalized spacial score (nSPS) is 10.9. The van der Waals surface area contributed by atoms with Crippen LogP contribution >= 0.6 is 15.9 Å². The van der Waals surface area contributed by atoms with Crippen molar-refractivity contribution in [1.82, 2.24) is 5.32 Å². The third kappa shape index (κ3) is 5.85. The molecule has 0 radical (unpaired) electrons. The van der Waals surface area contributed by atoms with Crippen LogP contribution in [0.5, 0.6) is 5.75 Å². The summed E-state index contributed by atoms with van der Waals surface area (Å²) in [7, 11) is 1.67. The molecule has 0 amide bonds. The van der Waals surface area contributed by atoms with Crippen molar-refractivity contribution in [2.75, 3.05) is 26.9 Å². The van der Waals surface area contributed by atoms with Gasteiger partial charge in [-0.3, -0.25) is 0 Å². The SMILES string of the molecule is COc1ccc(CCOCCNC(C)C)c(Br)c1. The maximum atomic E-state index is 5.58. The molecule has 0 spiro atoms. The zero-order chi connectivity index (χ0) is 13.4. The lowest BCUT2D eigenvalue weighted by molar-refractivity contribution is 0.137. The van der Waals surface area contributed by atoms with Crippen LogP contribution in [-0.4, -0.2) is 32.9 Å². The average Bonchev–Trinajstić information content (AvgIpc) is 2.34. The predicted molar refractivity (Wildman–Crippen MR) is 78.4 cm³/mol.